The van der Waals surface area contributed by atoms with Crippen LogP contribution >= 0.6 is 11.6 Å². The van der Waals surface area contributed by atoms with Crippen LogP contribution in [0.3, 0.4) is 0 Å². The molecule has 2 atom stereocenters. The second kappa shape index (κ2) is 8.67. The van der Waals surface area contributed by atoms with Crippen molar-refractivity contribution in [2.75, 3.05) is 12.0 Å². The summed E-state index contributed by atoms with van der Waals surface area (Å²) in [5.74, 6) is -0.861. The number of hydrogen-bond donors (Lipinski definition) is 2. The fraction of sp³-hybridized carbons (Fsp3) is 0.185. The molecule has 0 saturated carbocycles. The summed E-state index contributed by atoms with van der Waals surface area (Å²) in [6.45, 7) is 1.95. The first-order valence-corrected chi connectivity index (χ1v) is 11.4. The van der Waals surface area contributed by atoms with E-state index in [2.05, 4.69) is 0 Å². The lowest BCUT2D eigenvalue weighted by Gasteiger charge is -2.26. The van der Waals surface area contributed by atoms with Crippen LogP contribution in [0.4, 0.5) is 5.69 Å². The number of carbonyl (C=O) groups excluding carboxylic acids is 2. The molecule has 178 valence electrons. The van der Waals surface area contributed by atoms with Gasteiger partial charge in [-0.15, -0.1) is 0 Å². The molecule has 35 heavy (non-hydrogen) atoms. The zero-order valence-corrected chi connectivity index (χ0v) is 19.7. The summed E-state index contributed by atoms with van der Waals surface area (Å²) in [6, 6.07) is 15.1. The number of methoxy groups -OCH3 is 1. The Labute approximate surface area is 206 Å². The molecule has 0 radical (unpaired) electrons. The van der Waals surface area contributed by atoms with Gasteiger partial charge in [0.25, 0.3) is 11.7 Å². The van der Waals surface area contributed by atoms with E-state index in [9.17, 15) is 19.8 Å². The maximum atomic E-state index is 13.3. The molecular weight excluding hydrogens is 470 g/mol. The van der Waals surface area contributed by atoms with E-state index >= 15 is 0 Å². The Balaban J connectivity index is 1.69. The Morgan fingerprint density at radius 1 is 1.11 bits per heavy atom. The van der Waals surface area contributed by atoms with E-state index in [0.29, 0.717) is 29.0 Å². The number of benzene rings is 3. The van der Waals surface area contributed by atoms with Crippen molar-refractivity contribution in [1.29, 1.82) is 0 Å². The van der Waals surface area contributed by atoms with E-state index in [0.717, 1.165) is 11.3 Å². The molecule has 0 aliphatic carbocycles. The Bertz CT molecular complexity index is 1400. The van der Waals surface area contributed by atoms with Gasteiger partial charge in [-0.3, -0.25) is 14.5 Å². The molecule has 3 aromatic rings. The molecule has 0 spiro atoms. The molecule has 2 heterocycles. The number of carbonyl (C=O) groups is 2. The van der Waals surface area contributed by atoms with Crippen LogP contribution in [-0.2, 0) is 16.0 Å². The third-order valence-corrected chi connectivity index (χ3v) is 6.51. The van der Waals surface area contributed by atoms with Gasteiger partial charge in [0.1, 0.15) is 29.1 Å². The lowest BCUT2D eigenvalue weighted by molar-refractivity contribution is -0.132. The van der Waals surface area contributed by atoms with Crippen LogP contribution in [0.1, 0.15) is 29.7 Å². The molecular formula is C27H22ClNO6. The summed E-state index contributed by atoms with van der Waals surface area (Å²) in [6.07, 6.45) is 0.686. The van der Waals surface area contributed by atoms with Crippen molar-refractivity contribution >= 4 is 34.7 Å². The molecule has 3 aromatic carbocycles. The summed E-state index contributed by atoms with van der Waals surface area (Å²) in [7, 11) is 1.47. The number of anilines is 1. The number of hydrogen-bond acceptors (Lipinski definition) is 6. The van der Waals surface area contributed by atoms with E-state index in [1.54, 1.807) is 42.5 Å². The highest BCUT2D eigenvalue weighted by molar-refractivity contribution is 6.51. The number of aliphatic hydroxyl groups is 1. The second-order valence-corrected chi connectivity index (χ2v) is 8.95. The van der Waals surface area contributed by atoms with Crippen LogP contribution in [-0.4, -0.2) is 35.1 Å². The molecule has 2 aliphatic heterocycles. The number of amides is 1. The molecule has 0 aromatic heterocycles. The van der Waals surface area contributed by atoms with Crippen LogP contribution in [0.25, 0.3) is 5.76 Å². The number of halogens is 1. The van der Waals surface area contributed by atoms with Crippen molar-refractivity contribution in [3.05, 3.63) is 87.9 Å². The van der Waals surface area contributed by atoms with Gasteiger partial charge in [-0.05, 0) is 66.6 Å². The fourth-order valence-electron chi connectivity index (χ4n) is 4.64. The summed E-state index contributed by atoms with van der Waals surface area (Å²) in [5.41, 5.74) is 2.03. The lowest BCUT2D eigenvalue weighted by Crippen LogP contribution is -2.29. The first kappa shape index (κ1) is 22.8. The maximum absolute atomic E-state index is 13.3. The first-order chi connectivity index (χ1) is 16.8. The lowest BCUT2D eigenvalue weighted by atomic mass is 9.94. The van der Waals surface area contributed by atoms with Crippen molar-refractivity contribution in [2.24, 2.45) is 0 Å². The number of Topliss-reactive ketones (excluding diaryl/α,β-unsaturated/α-hetero) is 1. The third kappa shape index (κ3) is 3.88. The minimum atomic E-state index is -0.991. The SMILES string of the molecule is COc1ccc(N2C(=O)C(=O)/C(=C(\O)c3ccc4c(c3)CC(C)O4)C2c2cccc(O)c2)cc1Cl. The molecule has 2 N–H and O–H groups in total. The quantitative estimate of drug-likeness (QED) is 0.303. The van der Waals surface area contributed by atoms with Crippen LogP contribution in [0.15, 0.2) is 66.2 Å². The van der Waals surface area contributed by atoms with Crippen LogP contribution < -0.4 is 14.4 Å². The number of rotatable bonds is 4. The predicted molar refractivity (Wildman–Crippen MR) is 131 cm³/mol. The van der Waals surface area contributed by atoms with Gasteiger partial charge >= 0.3 is 0 Å². The van der Waals surface area contributed by atoms with Gasteiger partial charge in [0.15, 0.2) is 0 Å². The van der Waals surface area contributed by atoms with E-state index in [4.69, 9.17) is 21.1 Å². The average Bonchev–Trinajstić information content (AvgIpc) is 3.34. The Hall–Kier alpha value is -3.97. The largest absolute Gasteiger partial charge is 0.508 e. The van der Waals surface area contributed by atoms with Gasteiger partial charge in [-0.2, -0.15) is 0 Å². The molecule has 1 saturated heterocycles. The molecule has 5 rings (SSSR count). The number of phenols is 1. The van der Waals surface area contributed by atoms with Crippen molar-refractivity contribution in [3.63, 3.8) is 0 Å². The van der Waals surface area contributed by atoms with E-state index in [-0.39, 0.29) is 28.2 Å². The van der Waals surface area contributed by atoms with Gasteiger partial charge in [0, 0.05) is 17.7 Å². The zero-order chi connectivity index (χ0) is 24.9. The highest BCUT2D eigenvalue weighted by Gasteiger charge is 2.47. The fourth-order valence-corrected chi connectivity index (χ4v) is 4.89. The normalized spacial score (nSPS) is 20.6. The number of nitrogens with zero attached hydrogens (tertiary/aromatic N) is 1. The highest BCUT2D eigenvalue weighted by Crippen LogP contribution is 2.44. The standard InChI is InChI=1S/C27H22ClNO6/c1-14-10-17-11-16(6-8-21(17)35-14)25(31)23-24(15-4-3-5-19(30)12-15)29(27(33)26(23)32)18-7-9-22(34-2)20(28)13-18/h3-9,11-14,24,30-31H,10H2,1-2H3/b25-23-. The topological polar surface area (TPSA) is 96.3 Å². The minimum Gasteiger partial charge on any atom is -0.508 e. The van der Waals surface area contributed by atoms with Gasteiger partial charge < -0.3 is 19.7 Å². The molecule has 0 bridgehead atoms. The van der Waals surface area contributed by atoms with E-state index in [1.807, 2.05) is 6.92 Å². The van der Waals surface area contributed by atoms with Crippen molar-refractivity contribution in [2.45, 2.75) is 25.5 Å². The third-order valence-electron chi connectivity index (χ3n) is 6.21. The molecule has 2 aliphatic rings. The molecule has 1 fully saturated rings. The number of ketones is 1. The van der Waals surface area contributed by atoms with E-state index in [1.165, 1.54) is 30.2 Å². The summed E-state index contributed by atoms with van der Waals surface area (Å²) >= 11 is 6.31. The smallest absolute Gasteiger partial charge is 0.300 e. The number of aromatic hydroxyl groups is 1. The van der Waals surface area contributed by atoms with Crippen molar-refractivity contribution < 1.29 is 29.3 Å². The van der Waals surface area contributed by atoms with Gasteiger partial charge in [0.2, 0.25) is 0 Å². The minimum absolute atomic E-state index is 0.0140. The predicted octanol–water partition coefficient (Wildman–Crippen LogP) is 5.00. The summed E-state index contributed by atoms with van der Waals surface area (Å²) < 4.78 is 10.9. The van der Waals surface area contributed by atoms with Crippen molar-refractivity contribution in [1.82, 2.24) is 0 Å². The van der Waals surface area contributed by atoms with Gasteiger partial charge in [-0.1, -0.05) is 23.7 Å². The van der Waals surface area contributed by atoms with Crippen LogP contribution in [0.2, 0.25) is 5.02 Å². The molecule has 8 heteroatoms. The second-order valence-electron chi connectivity index (χ2n) is 8.54. The monoisotopic (exact) mass is 491 g/mol. The molecule has 7 nitrogen and oxygen atoms in total. The van der Waals surface area contributed by atoms with Gasteiger partial charge in [-0.25, -0.2) is 0 Å². The first-order valence-electron chi connectivity index (χ1n) is 11.0. The molecule has 1 amide bonds. The van der Waals surface area contributed by atoms with E-state index < -0.39 is 17.7 Å². The van der Waals surface area contributed by atoms with Crippen LogP contribution in [0, 0.1) is 0 Å². The Morgan fingerprint density at radius 2 is 1.91 bits per heavy atom. The van der Waals surface area contributed by atoms with Crippen molar-refractivity contribution in [3.8, 4) is 17.2 Å². The summed E-state index contributed by atoms with van der Waals surface area (Å²) in [4.78, 5) is 27.9. The summed E-state index contributed by atoms with van der Waals surface area (Å²) in [5, 5.41) is 21.7. The number of phenolic OH excluding ortho intramolecular Hbond substituents is 1. The highest BCUT2D eigenvalue weighted by atomic mass is 35.5. The average molecular weight is 492 g/mol. The number of fused-ring (bicyclic) bond motifs is 1. The van der Waals surface area contributed by atoms with Crippen LogP contribution in [0.5, 0.6) is 17.2 Å². The Kier molecular flexibility index (Phi) is 5.65. The number of ether oxygens (including phenoxy) is 2. The van der Waals surface area contributed by atoms with Gasteiger partial charge in [0.05, 0.1) is 23.7 Å². The Morgan fingerprint density at radius 3 is 2.63 bits per heavy atom. The number of aliphatic hydroxyl groups excluding tert-OH is 1. The molecule has 2 unspecified atom stereocenters. The maximum Gasteiger partial charge on any atom is 0.300 e. The zero-order valence-electron chi connectivity index (χ0n) is 19.0.